The summed E-state index contributed by atoms with van der Waals surface area (Å²) >= 11 is 1.38. The summed E-state index contributed by atoms with van der Waals surface area (Å²) in [5.74, 6) is 0.442. The van der Waals surface area contributed by atoms with Gasteiger partial charge in [-0.1, -0.05) is 0 Å². The van der Waals surface area contributed by atoms with Crippen molar-refractivity contribution in [2.24, 2.45) is 0 Å². The lowest BCUT2D eigenvalue weighted by Gasteiger charge is -2.11. The number of rotatable bonds is 4. The number of benzene rings is 1. The van der Waals surface area contributed by atoms with E-state index < -0.39 is 6.03 Å². The first-order valence-corrected chi connectivity index (χ1v) is 6.28. The number of ether oxygens (including phenoxy) is 1. The molecule has 0 saturated heterocycles. The topological polar surface area (TPSA) is 67.4 Å². The maximum absolute atomic E-state index is 11.6. The third kappa shape index (κ3) is 4.29. The standard InChI is InChI=1S/C12H16N2O3S/c1-8(11(15)14-12(16)13-2)18-10-6-4-9(17-3)5-7-10/h4-8H,1-3H3,(H2,13,14,15,16)/t8-/m0/s1. The lowest BCUT2D eigenvalue weighted by Crippen LogP contribution is -2.41. The van der Waals surface area contributed by atoms with E-state index in [2.05, 4.69) is 10.6 Å². The van der Waals surface area contributed by atoms with E-state index in [9.17, 15) is 9.59 Å². The van der Waals surface area contributed by atoms with Crippen molar-refractivity contribution in [3.8, 4) is 5.75 Å². The van der Waals surface area contributed by atoms with Crippen LogP contribution in [0.25, 0.3) is 0 Å². The molecule has 0 radical (unpaired) electrons. The molecule has 6 heteroatoms. The zero-order valence-electron chi connectivity index (χ0n) is 10.5. The molecular weight excluding hydrogens is 252 g/mol. The van der Waals surface area contributed by atoms with Crippen molar-refractivity contribution in [3.05, 3.63) is 24.3 Å². The minimum atomic E-state index is -0.498. The summed E-state index contributed by atoms with van der Waals surface area (Å²) in [7, 11) is 3.06. The summed E-state index contributed by atoms with van der Waals surface area (Å²) < 4.78 is 5.05. The summed E-state index contributed by atoms with van der Waals surface area (Å²) in [6, 6.07) is 6.89. The van der Waals surface area contributed by atoms with Crippen LogP contribution in [0.1, 0.15) is 6.92 Å². The highest BCUT2D eigenvalue weighted by Gasteiger charge is 2.16. The Balaban J connectivity index is 2.55. The van der Waals surface area contributed by atoms with Gasteiger partial charge >= 0.3 is 6.03 Å². The Morgan fingerprint density at radius 1 is 1.28 bits per heavy atom. The van der Waals surface area contributed by atoms with Crippen molar-refractivity contribution in [2.45, 2.75) is 17.1 Å². The number of urea groups is 1. The molecule has 1 aromatic carbocycles. The van der Waals surface area contributed by atoms with E-state index in [1.165, 1.54) is 18.8 Å². The summed E-state index contributed by atoms with van der Waals surface area (Å²) in [6.07, 6.45) is 0. The van der Waals surface area contributed by atoms with Crippen molar-refractivity contribution in [1.29, 1.82) is 0 Å². The average molecular weight is 268 g/mol. The largest absolute Gasteiger partial charge is 0.497 e. The van der Waals surface area contributed by atoms with E-state index in [4.69, 9.17) is 4.74 Å². The van der Waals surface area contributed by atoms with Gasteiger partial charge in [-0.05, 0) is 31.2 Å². The van der Waals surface area contributed by atoms with Crippen LogP contribution in [0, 0.1) is 0 Å². The van der Waals surface area contributed by atoms with Gasteiger partial charge in [-0.25, -0.2) is 4.79 Å². The van der Waals surface area contributed by atoms with Crippen molar-refractivity contribution >= 4 is 23.7 Å². The number of methoxy groups -OCH3 is 1. The van der Waals surface area contributed by atoms with Crippen LogP contribution in [0.2, 0.25) is 0 Å². The molecule has 1 atom stereocenters. The van der Waals surface area contributed by atoms with Crippen molar-refractivity contribution in [1.82, 2.24) is 10.6 Å². The summed E-state index contributed by atoms with van der Waals surface area (Å²) in [6.45, 7) is 1.74. The van der Waals surface area contributed by atoms with Gasteiger partial charge in [0.05, 0.1) is 12.4 Å². The quantitative estimate of drug-likeness (QED) is 0.814. The van der Waals surface area contributed by atoms with Gasteiger partial charge in [-0.2, -0.15) is 0 Å². The summed E-state index contributed by atoms with van der Waals surface area (Å²) in [5, 5.41) is 4.22. The molecule has 1 aromatic rings. The van der Waals surface area contributed by atoms with E-state index >= 15 is 0 Å². The highest BCUT2D eigenvalue weighted by atomic mass is 32.2. The number of nitrogens with one attached hydrogen (secondary N) is 2. The fourth-order valence-electron chi connectivity index (χ4n) is 1.19. The molecule has 0 saturated carbocycles. The monoisotopic (exact) mass is 268 g/mol. The van der Waals surface area contributed by atoms with Crippen LogP contribution in [-0.2, 0) is 4.79 Å². The molecule has 0 heterocycles. The SMILES string of the molecule is CNC(=O)NC(=O)[C@H](C)Sc1ccc(OC)cc1. The van der Waals surface area contributed by atoms with E-state index in [1.807, 2.05) is 24.3 Å². The fourth-order valence-corrected chi connectivity index (χ4v) is 2.06. The number of imide groups is 1. The van der Waals surface area contributed by atoms with E-state index in [1.54, 1.807) is 14.0 Å². The highest BCUT2D eigenvalue weighted by molar-refractivity contribution is 8.00. The van der Waals surface area contributed by atoms with Crippen LogP contribution in [-0.4, -0.2) is 31.3 Å². The highest BCUT2D eigenvalue weighted by Crippen LogP contribution is 2.25. The molecule has 0 aliphatic carbocycles. The number of amides is 3. The van der Waals surface area contributed by atoms with Gasteiger partial charge in [0.15, 0.2) is 0 Å². The molecule has 2 N–H and O–H groups in total. The van der Waals surface area contributed by atoms with Crippen molar-refractivity contribution < 1.29 is 14.3 Å². The fraction of sp³-hybridized carbons (Fsp3) is 0.333. The maximum atomic E-state index is 11.6. The van der Waals surface area contributed by atoms with Crippen LogP contribution in [0.4, 0.5) is 4.79 Å². The zero-order chi connectivity index (χ0) is 13.5. The molecular formula is C12H16N2O3S. The Morgan fingerprint density at radius 3 is 2.39 bits per heavy atom. The first-order chi connectivity index (χ1) is 8.56. The Hall–Kier alpha value is -1.69. The van der Waals surface area contributed by atoms with E-state index in [0.717, 1.165) is 10.6 Å². The van der Waals surface area contributed by atoms with Gasteiger partial charge in [0.2, 0.25) is 5.91 Å². The Kier molecular flexibility index (Phi) is 5.51. The van der Waals surface area contributed by atoms with Crippen LogP contribution in [0.3, 0.4) is 0 Å². The van der Waals surface area contributed by atoms with Crippen LogP contribution >= 0.6 is 11.8 Å². The minimum absolute atomic E-state index is 0.324. The minimum Gasteiger partial charge on any atom is -0.497 e. The zero-order valence-corrected chi connectivity index (χ0v) is 11.3. The van der Waals surface area contributed by atoms with Gasteiger partial charge < -0.3 is 10.1 Å². The lowest BCUT2D eigenvalue weighted by atomic mass is 10.3. The summed E-state index contributed by atoms with van der Waals surface area (Å²) in [4.78, 5) is 23.6. The van der Waals surface area contributed by atoms with Gasteiger partial charge in [-0.15, -0.1) is 11.8 Å². The number of carbonyl (C=O) groups excluding carboxylic acids is 2. The van der Waals surface area contributed by atoms with Crippen molar-refractivity contribution in [3.63, 3.8) is 0 Å². The second-order valence-electron chi connectivity index (χ2n) is 3.50. The van der Waals surface area contributed by atoms with Gasteiger partial charge in [-0.3, -0.25) is 10.1 Å². The smallest absolute Gasteiger partial charge is 0.321 e. The molecule has 0 aliphatic heterocycles. The van der Waals surface area contributed by atoms with Gasteiger partial charge in [0, 0.05) is 11.9 Å². The normalized spacial score (nSPS) is 11.5. The Morgan fingerprint density at radius 2 is 1.89 bits per heavy atom. The third-order valence-electron chi connectivity index (χ3n) is 2.21. The molecule has 0 bridgehead atoms. The van der Waals surface area contributed by atoms with Crippen molar-refractivity contribution in [2.75, 3.05) is 14.2 Å². The second-order valence-corrected chi connectivity index (χ2v) is 4.92. The van der Waals surface area contributed by atoms with E-state index in [0.29, 0.717) is 0 Å². The molecule has 1 rings (SSSR count). The summed E-state index contributed by atoms with van der Waals surface area (Å²) in [5.41, 5.74) is 0. The second kappa shape index (κ2) is 6.90. The third-order valence-corrected chi connectivity index (χ3v) is 3.32. The average Bonchev–Trinajstić information content (AvgIpc) is 2.39. The predicted octanol–water partition coefficient (Wildman–Crippen LogP) is 1.63. The van der Waals surface area contributed by atoms with Gasteiger partial charge in [0.25, 0.3) is 0 Å². The van der Waals surface area contributed by atoms with Crippen LogP contribution in [0.5, 0.6) is 5.75 Å². The molecule has 0 unspecified atom stereocenters. The van der Waals surface area contributed by atoms with Gasteiger partial charge in [0.1, 0.15) is 5.75 Å². The molecule has 0 aliphatic rings. The maximum Gasteiger partial charge on any atom is 0.321 e. The number of hydrogen-bond donors (Lipinski definition) is 2. The molecule has 0 spiro atoms. The van der Waals surface area contributed by atoms with E-state index in [-0.39, 0.29) is 11.2 Å². The molecule has 3 amide bonds. The lowest BCUT2D eigenvalue weighted by molar-refractivity contribution is -0.119. The van der Waals surface area contributed by atoms with Crippen LogP contribution in [0.15, 0.2) is 29.2 Å². The first-order valence-electron chi connectivity index (χ1n) is 5.40. The Labute approximate surface area is 110 Å². The molecule has 0 aromatic heterocycles. The molecule has 98 valence electrons. The predicted molar refractivity (Wildman–Crippen MR) is 70.9 cm³/mol. The Bertz CT molecular complexity index is 420. The number of hydrogen-bond acceptors (Lipinski definition) is 4. The van der Waals surface area contributed by atoms with Crippen LogP contribution < -0.4 is 15.4 Å². The first kappa shape index (κ1) is 14.4. The molecule has 18 heavy (non-hydrogen) atoms. The number of thioether (sulfide) groups is 1. The number of carbonyl (C=O) groups is 2. The molecule has 0 fully saturated rings. The molecule has 5 nitrogen and oxygen atoms in total.